The Morgan fingerprint density at radius 1 is 1.36 bits per heavy atom. The average Bonchev–Trinajstić information content (AvgIpc) is 2.04. The Morgan fingerprint density at radius 3 is 3.18 bits per heavy atom. The van der Waals surface area contributed by atoms with E-state index in [1.54, 1.807) is 11.1 Å². The molecule has 2 aliphatic rings. The van der Waals surface area contributed by atoms with E-state index in [9.17, 15) is 0 Å². The van der Waals surface area contributed by atoms with E-state index in [1.165, 1.54) is 32.1 Å². The summed E-state index contributed by atoms with van der Waals surface area (Å²) in [5.74, 6) is 0.927. The SMILES string of the molecule is CC1CCC2=C(C=CCC2)C1. The lowest BCUT2D eigenvalue weighted by molar-refractivity contribution is 0.491. The van der Waals surface area contributed by atoms with Crippen LogP contribution in [0.2, 0.25) is 0 Å². The molecule has 0 aromatic heterocycles. The largest absolute Gasteiger partial charge is 0.0839 e. The van der Waals surface area contributed by atoms with Crippen LogP contribution in [0.1, 0.15) is 39.0 Å². The van der Waals surface area contributed by atoms with Crippen molar-refractivity contribution in [1.82, 2.24) is 0 Å². The van der Waals surface area contributed by atoms with E-state index < -0.39 is 0 Å². The molecule has 0 amide bonds. The first-order valence-electron chi connectivity index (χ1n) is 4.73. The third-order valence-corrected chi connectivity index (χ3v) is 2.89. The average molecular weight is 148 g/mol. The molecule has 0 N–H and O–H groups in total. The summed E-state index contributed by atoms with van der Waals surface area (Å²) in [6.45, 7) is 2.37. The highest BCUT2D eigenvalue weighted by Crippen LogP contribution is 2.34. The Morgan fingerprint density at radius 2 is 2.27 bits per heavy atom. The highest BCUT2D eigenvalue weighted by Gasteiger charge is 2.17. The molecule has 0 nitrogen and oxygen atoms in total. The maximum atomic E-state index is 2.37. The molecule has 0 aromatic rings. The summed E-state index contributed by atoms with van der Waals surface area (Å²) in [5, 5.41) is 0. The first-order chi connectivity index (χ1) is 5.36. The summed E-state index contributed by atoms with van der Waals surface area (Å²) in [7, 11) is 0. The molecule has 0 saturated heterocycles. The zero-order valence-electron chi connectivity index (χ0n) is 7.27. The molecule has 60 valence electrons. The van der Waals surface area contributed by atoms with Crippen molar-refractivity contribution in [2.75, 3.05) is 0 Å². The van der Waals surface area contributed by atoms with E-state index in [2.05, 4.69) is 19.1 Å². The Hall–Kier alpha value is -0.520. The smallest absolute Gasteiger partial charge is 0.0253 e. The topological polar surface area (TPSA) is 0 Å². The molecule has 0 radical (unpaired) electrons. The third-order valence-electron chi connectivity index (χ3n) is 2.89. The van der Waals surface area contributed by atoms with Gasteiger partial charge in [0.2, 0.25) is 0 Å². The van der Waals surface area contributed by atoms with Gasteiger partial charge in [-0.05, 0) is 43.6 Å². The van der Waals surface area contributed by atoms with Gasteiger partial charge < -0.3 is 0 Å². The van der Waals surface area contributed by atoms with Crippen molar-refractivity contribution in [3.8, 4) is 0 Å². The maximum absolute atomic E-state index is 2.37. The summed E-state index contributed by atoms with van der Waals surface area (Å²) >= 11 is 0. The zero-order chi connectivity index (χ0) is 7.68. The summed E-state index contributed by atoms with van der Waals surface area (Å²) in [6, 6.07) is 0. The van der Waals surface area contributed by atoms with Crippen molar-refractivity contribution in [2.24, 2.45) is 5.92 Å². The number of hydrogen-bond donors (Lipinski definition) is 0. The van der Waals surface area contributed by atoms with Crippen molar-refractivity contribution in [3.05, 3.63) is 23.3 Å². The molecule has 0 spiro atoms. The van der Waals surface area contributed by atoms with Gasteiger partial charge in [0.25, 0.3) is 0 Å². The third kappa shape index (κ3) is 1.40. The molecule has 0 bridgehead atoms. The highest BCUT2D eigenvalue weighted by atomic mass is 14.2. The Balaban J connectivity index is 2.19. The molecule has 0 heteroatoms. The molecular weight excluding hydrogens is 132 g/mol. The van der Waals surface area contributed by atoms with E-state index >= 15 is 0 Å². The van der Waals surface area contributed by atoms with Gasteiger partial charge in [0.05, 0.1) is 0 Å². The molecule has 0 aliphatic heterocycles. The molecule has 0 saturated carbocycles. The maximum Gasteiger partial charge on any atom is -0.0253 e. The van der Waals surface area contributed by atoms with Gasteiger partial charge >= 0.3 is 0 Å². The lowest BCUT2D eigenvalue weighted by atomic mass is 9.81. The highest BCUT2D eigenvalue weighted by molar-refractivity contribution is 5.31. The van der Waals surface area contributed by atoms with Crippen molar-refractivity contribution < 1.29 is 0 Å². The minimum Gasteiger partial charge on any atom is -0.0839 e. The van der Waals surface area contributed by atoms with Crippen LogP contribution < -0.4 is 0 Å². The normalized spacial score (nSPS) is 30.5. The number of hydrogen-bond acceptors (Lipinski definition) is 0. The Bertz CT molecular complexity index is 208. The van der Waals surface area contributed by atoms with Gasteiger partial charge in [-0.15, -0.1) is 0 Å². The van der Waals surface area contributed by atoms with Gasteiger partial charge in [-0.2, -0.15) is 0 Å². The van der Waals surface area contributed by atoms with E-state index in [-0.39, 0.29) is 0 Å². The second-order valence-corrected chi connectivity index (χ2v) is 3.92. The lowest BCUT2D eigenvalue weighted by Crippen LogP contribution is -2.08. The van der Waals surface area contributed by atoms with Gasteiger partial charge in [-0.1, -0.05) is 24.6 Å². The lowest BCUT2D eigenvalue weighted by Gasteiger charge is -2.25. The van der Waals surface area contributed by atoms with E-state index in [1.807, 2.05) is 0 Å². The van der Waals surface area contributed by atoms with Crippen LogP contribution in [0.3, 0.4) is 0 Å². The fourth-order valence-electron chi connectivity index (χ4n) is 2.16. The monoisotopic (exact) mass is 148 g/mol. The fraction of sp³-hybridized carbons (Fsp3) is 0.636. The summed E-state index contributed by atoms with van der Waals surface area (Å²) in [4.78, 5) is 0. The first kappa shape index (κ1) is 7.15. The molecule has 0 heterocycles. The van der Waals surface area contributed by atoms with E-state index in [4.69, 9.17) is 0 Å². The van der Waals surface area contributed by atoms with E-state index in [0.717, 1.165) is 5.92 Å². The second-order valence-electron chi connectivity index (χ2n) is 3.92. The van der Waals surface area contributed by atoms with Crippen molar-refractivity contribution >= 4 is 0 Å². The van der Waals surface area contributed by atoms with Crippen LogP contribution in [0, 0.1) is 5.92 Å². The van der Waals surface area contributed by atoms with Crippen molar-refractivity contribution in [1.29, 1.82) is 0 Å². The molecule has 2 rings (SSSR count). The van der Waals surface area contributed by atoms with Gasteiger partial charge in [0.15, 0.2) is 0 Å². The first-order valence-corrected chi connectivity index (χ1v) is 4.73. The minimum atomic E-state index is 0.927. The van der Waals surface area contributed by atoms with Crippen LogP contribution >= 0.6 is 0 Å². The fourth-order valence-corrected chi connectivity index (χ4v) is 2.16. The van der Waals surface area contributed by atoms with Gasteiger partial charge in [0, 0.05) is 0 Å². The van der Waals surface area contributed by atoms with Crippen LogP contribution in [0.5, 0.6) is 0 Å². The quantitative estimate of drug-likeness (QED) is 0.493. The predicted molar refractivity (Wildman–Crippen MR) is 48.4 cm³/mol. The molecule has 0 fully saturated rings. The molecule has 1 unspecified atom stereocenters. The molecule has 11 heavy (non-hydrogen) atoms. The van der Waals surface area contributed by atoms with Crippen LogP contribution in [0.15, 0.2) is 23.3 Å². The van der Waals surface area contributed by atoms with Crippen LogP contribution in [-0.4, -0.2) is 0 Å². The molecule has 2 aliphatic carbocycles. The van der Waals surface area contributed by atoms with Crippen molar-refractivity contribution in [2.45, 2.75) is 39.0 Å². The molecule has 1 atom stereocenters. The Kier molecular flexibility index (Phi) is 1.85. The van der Waals surface area contributed by atoms with Gasteiger partial charge in [0.1, 0.15) is 0 Å². The van der Waals surface area contributed by atoms with Crippen LogP contribution in [-0.2, 0) is 0 Å². The van der Waals surface area contributed by atoms with Crippen LogP contribution in [0.25, 0.3) is 0 Å². The summed E-state index contributed by atoms with van der Waals surface area (Å²) < 4.78 is 0. The summed E-state index contributed by atoms with van der Waals surface area (Å²) in [5.41, 5.74) is 3.42. The van der Waals surface area contributed by atoms with Crippen molar-refractivity contribution in [3.63, 3.8) is 0 Å². The van der Waals surface area contributed by atoms with Crippen LogP contribution in [0.4, 0.5) is 0 Å². The standard InChI is InChI=1S/C11H16/c1-9-6-7-10-4-2-3-5-11(10)8-9/h3,5,9H,2,4,6-8H2,1H3. The second kappa shape index (κ2) is 2.84. The van der Waals surface area contributed by atoms with Gasteiger partial charge in [-0.3, -0.25) is 0 Å². The zero-order valence-corrected chi connectivity index (χ0v) is 7.27. The number of allylic oxidation sites excluding steroid dienone is 4. The van der Waals surface area contributed by atoms with Gasteiger partial charge in [-0.25, -0.2) is 0 Å². The minimum absolute atomic E-state index is 0.927. The summed E-state index contributed by atoms with van der Waals surface area (Å²) in [6.07, 6.45) is 11.5. The number of rotatable bonds is 0. The predicted octanol–water partition coefficient (Wildman–Crippen LogP) is 3.45. The molecular formula is C11H16. The van der Waals surface area contributed by atoms with E-state index in [0.29, 0.717) is 0 Å². The Labute approximate surface area is 69.0 Å². The molecule has 0 aromatic carbocycles.